The highest BCUT2D eigenvalue weighted by molar-refractivity contribution is 9.10. The summed E-state index contributed by atoms with van der Waals surface area (Å²) in [5.74, 6) is -2.32. The van der Waals surface area contributed by atoms with Crippen LogP contribution in [0.15, 0.2) is 40.9 Å². The van der Waals surface area contributed by atoms with E-state index >= 15 is 0 Å². The zero-order valence-electron chi connectivity index (χ0n) is 9.45. The lowest BCUT2D eigenvalue weighted by atomic mass is 10.2. The Morgan fingerprint density at radius 2 is 1.84 bits per heavy atom. The minimum absolute atomic E-state index is 0.164. The van der Waals surface area contributed by atoms with E-state index < -0.39 is 23.3 Å². The van der Waals surface area contributed by atoms with Gasteiger partial charge in [0.2, 0.25) is 0 Å². The Hall–Kier alpha value is -1.95. The molecule has 0 heterocycles. The molecule has 0 bridgehead atoms. The summed E-state index contributed by atoms with van der Waals surface area (Å²) >= 11 is 2.97. The van der Waals surface area contributed by atoms with E-state index in [1.165, 1.54) is 18.2 Å². The highest BCUT2D eigenvalue weighted by Gasteiger charge is 2.10. The molecular weight excluding hydrogens is 320 g/mol. The molecule has 98 valence electrons. The average molecular weight is 328 g/mol. The van der Waals surface area contributed by atoms with Crippen molar-refractivity contribution in [2.75, 3.05) is 5.32 Å². The van der Waals surface area contributed by atoms with Crippen LogP contribution in [0.2, 0.25) is 0 Å². The van der Waals surface area contributed by atoms with E-state index in [-0.39, 0.29) is 15.7 Å². The van der Waals surface area contributed by atoms with Gasteiger partial charge < -0.3 is 10.4 Å². The summed E-state index contributed by atoms with van der Waals surface area (Å²) in [6.45, 7) is 0. The van der Waals surface area contributed by atoms with Gasteiger partial charge in [0.15, 0.2) is 11.6 Å². The number of hydrogen-bond donors (Lipinski definition) is 2. The first kappa shape index (κ1) is 13.5. The number of anilines is 1. The molecule has 0 unspecified atom stereocenters. The quantitative estimate of drug-likeness (QED) is 0.826. The molecule has 0 saturated carbocycles. The van der Waals surface area contributed by atoms with Crippen LogP contribution in [0.1, 0.15) is 10.4 Å². The molecule has 3 nitrogen and oxygen atoms in total. The Kier molecular flexibility index (Phi) is 3.80. The number of amides is 1. The first-order valence-corrected chi connectivity index (χ1v) is 6.01. The van der Waals surface area contributed by atoms with Crippen molar-refractivity contribution in [1.82, 2.24) is 0 Å². The molecule has 1 amide bonds. The van der Waals surface area contributed by atoms with Crippen molar-refractivity contribution < 1.29 is 18.7 Å². The SMILES string of the molecule is O=C(Nc1ccc(O)c(F)c1)c1ccc(F)c(Br)c1. The maximum atomic E-state index is 13.1. The molecule has 0 atom stereocenters. The number of hydrogen-bond acceptors (Lipinski definition) is 2. The van der Waals surface area contributed by atoms with Gasteiger partial charge in [-0.3, -0.25) is 4.79 Å². The Morgan fingerprint density at radius 1 is 1.11 bits per heavy atom. The van der Waals surface area contributed by atoms with E-state index in [4.69, 9.17) is 5.11 Å². The minimum atomic E-state index is -0.835. The summed E-state index contributed by atoms with van der Waals surface area (Å²) in [7, 11) is 0. The predicted molar refractivity (Wildman–Crippen MR) is 70.1 cm³/mol. The molecule has 0 aromatic heterocycles. The second kappa shape index (κ2) is 5.36. The van der Waals surface area contributed by atoms with Crippen molar-refractivity contribution in [2.45, 2.75) is 0 Å². The van der Waals surface area contributed by atoms with Crippen LogP contribution in [-0.4, -0.2) is 11.0 Å². The third kappa shape index (κ3) is 3.08. The Labute approximate surface area is 116 Å². The molecule has 0 saturated heterocycles. The van der Waals surface area contributed by atoms with Crippen molar-refractivity contribution in [3.05, 3.63) is 58.1 Å². The number of aromatic hydroxyl groups is 1. The van der Waals surface area contributed by atoms with Gasteiger partial charge in [-0.05, 0) is 46.3 Å². The van der Waals surface area contributed by atoms with Gasteiger partial charge in [0.25, 0.3) is 5.91 Å². The van der Waals surface area contributed by atoms with Gasteiger partial charge in [-0.15, -0.1) is 0 Å². The smallest absolute Gasteiger partial charge is 0.255 e. The molecule has 2 N–H and O–H groups in total. The number of carbonyl (C=O) groups excluding carboxylic acids is 1. The molecule has 0 spiro atoms. The van der Waals surface area contributed by atoms with Crippen LogP contribution >= 0.6 is 15.9 Å². The topological polar surface area (TPSA) is 49.3 Å². The first-order valence-electron chi connectivity index (χ1n) is 5.22. The average Bonchev–Trinajstić information content (AvgIpc) is 2.37. The van der Waals surface area contributed by atoms with Crippen molar-refractivity contribution in [1.29, 1.82) is 0 Å². The third-order valence-corrected chi connectivity index (χ3v) is 3.00. The molecule has 0 aliphatic carbocycles. The fraction of sp³-hybridized carbons (Fsp3) is 0. The summed E-state index contributed by atoms with van der Waals surface area (Å²) in [6.07, 6.45) is 0. The molecular formula is C13H8BrF2NO2. The predicted octanol–water partition coefficient (Wildman–Crippen LogP) is 3.69. The van der Waals surface area contributed by atoms with E-state index in [0.717, 1.165) is 18.2 Å². The Bertz CT molecular complexity index is 647. The van der Waals surface area contributed by atoms with Crippen molar-refractivity contribution in [3.8, 4) is 5.75 Å². The van der Waals surface area contributed by atoms with Crippen LogP contribution in [-0.2, 0) is 0 Å². The fourth-order valence-corrected chi connectivity index (χ4v) is 1.80. The molecule has 2 aromatic rings. The minimum Gasteiger partial charge on any atom is -0.505 e. The molecule has 0 aliphatic rings. The molecule has 6 heteroatoms. The number of phenolic OH excluding ortho intramolecular Hbond substituents is 1. The standard InChI is InChI=1S/C13H8BrF2NO2/c14-9-5-7(1-3-10(9)15)13(19)17-8-2-4-12(18)11(16)6-8/h1-6,18H,(H,17,19). The third-order valence-electron chi connectivity index (χ3n) is 2.39. The lowest BCUT2D eigenvalue weighted by Gasteiger charge is -2.06. The van der Waals surface area contributed by atoms with Crippen LogP contribution in [0, 0.1) is 11.6 Å². The van der Waals surface area contributed by atoms with Gasteiger partial charge in [0, 0.05) is 17.3 Å². The number of benzene rings is 2. The monoisotopic (exact) mass is 327 g/mol. The lowest BCUT2D eigenvalue weighted by Crippen LogP contribution is -2.12. The molecule has 2 rings (SSSR count). The second-order valence-electron chi connectivity index (χ2n) is 3.75. The highest BCUT2D eigenvalue weighted by atomic mass is 79.9. The van der Waals surface area contributed by atoms with E-state index in [0.29, 0.717) is 0 Å². The van der Waals surface area contributed by atoms with E-state index in [1.807, 2.05) is 0 Å². The molecule has 19 heavy (non-hydrogen) atoms. The number of carbonyl (C=O) groups is 1. The van der Waals surface area contributed by atoms with Crippen molar-refractivity contribution in [3.63, 3.8) is 0 Å². The maximum absolute atomic E-state index is 13.1. The van der Waals surface area contributed by atoms with Gasteiger partial charge in [0.1, 0.15) is 5.82 Å². The molecule has 0 aliphatic heterocycles. The summed E-state index contributed by atoms with van der Waals surface area (Å²) in [5.41, 5.74) is 0.419. The van der Waals surface area contributed by atoms with Crippen molar-refractivity contribution in [2.24, 2.45) is 0 Å². The zero-order valence-corrected chi connectivity index (χ0v) is 11.0. The van der Waals surface area contributed by atoms with Crippen LogP contribution in [0.25, 0.3) is 0 Å². The number of rotatable bonds is 2. The number of phenols is 1. The first-order chi connectivity index (χ1) is 8.97. The zero-order chi connectivity index (χ0) is 14.0. The summed E-state index contributed by atoms with van der Waals surface area (Å²) in [6, 6.07) is 7.26. The normalized spacial score (nSPS) is 10.3. The Balaban J connectivity index is 2.20. The number of halogens is 3. The van der Waals surface area contributed by atoms with E-state index in [2.05, 4.69) is 21.2 Å². The van der Waals surface area contributed by atoms with Gasteiger partial charge in [-0.2, -0.15) is 0 Å². The highest BCUT2D eigenvalue weighted by Crippen LogP contribution is 2.21. The van der Waals surface area contributed by atoms with Crippen molar-refractivity contribution >= 4 is 27.5 Å². The van der Waals surface area contributed by atoms with Gasteiger partial charge >= 0.3 is 0 Å². The second-order valence-corrected chi connectivity index (χ2v) is 4.60. The van der Waals surface area contributed by atoms with Crippen LogP contribution in [0.5, 0.6) is 5.75 Å². The Morgan fingerprint density at radius 3 is 2.47 bits per heavy atom. The van der Waals surface area contributed by atoms with Crippen LogP contribution in [0.3, 0.4) is 0 Å². The summed E-state index contributed by atoms with van der Waals surface area (Å²) in [4.78, 5) is 11.8. The van der Waals surface area contributed by atoms with Gasteiger partial charge in [-0.1, -0.05) is 0 Å². The lowest BCUT2D eigenvalue weighted by molar-refractivity contribution is 0.102. The summed E-state index contributed by atoms with van der Waals surface area (Å²) < 4.78 is 26.3. The van der Waals surface area contributed by atoms with Crippen LogP contribution in [0.4, 0.5) is 14.5 Å². The van der Waals surface area contributed by atoms with E-state index in [9.17, 15) is 13.6 Å². The molecule has 0 fully saturated rings. The van der Waals surface area contributed by atoms with Gasteiger partial charge in [-0.25, -0.2) is 8.78 Å². The maximum Gasteiger partial charge on any atom is 0.255 e. The molecule has 0 radical (unpaired) electrons. The molecule has 2 aromatic carbocycles. The van der Waals surface area contributed by atoms with Crippen LogP contribution < -0.4 is 5.32 Å². The largest absolute Gasteiger partial charge is 0.505 e. The summed E-state index contributed by atoms with van der Waals surface area (Å²) in [5, 5.41) is 11.5. The fourth-order valence-electron chi connectivity index (χ4n) is 1.43. The van der Waals surface area contributed by atoms with E-state index in [1.54, 1.807) is 0 Å². The number of nitrogens with one attached hydrogen (secondary N) is 1. The van der Waals surface area contributed by atoms with Gasteiger partial charge in [0.05, 0.1) is 4.47 Å².